The van der Waals surface area contributed by atoms with E-state index in [1.54, 1.807) is 10.9 Å². The zero-order valence-electron chi connectivity index (χ0n) is 13.0. The van der Waals surface area contributed by atoms with E-state index in [-0.39, 0.29) is 0 Å². The lowest BCUT2D eigenvalue weighted by atomic mass is 10.1. The molecule has 1 aliphatic rings. The van der Waals surface area contributed by atoms with Gasteiger partial charge in [-0.1, -0.05) is 0 Å². The van der Waals surface area contributed by atoms with E-state index in [0.717, 1.165) is 34.6 Å². The summed E-state index contributed by atoms with van der Waals surface area (Å²) in [5, 5.41) is 4.24. The van der Waals surface area contributed by atoms with E-state index < -0.39 is 6.17 Å². The van der Waals surface area contributed by atoms with Crippen molar-refractivity contribution in [1.82, 2.24) is 14.7 Å². The van der Waals surface area contributed by atoms with Crippen molar-refractivity contribution in [3.63, 3.8) is 0 Å². The summed E-state index contributed by atoms with van der Waals surface area (Å²) >= 11 is 3.51. The molecule has 0 saturated carbocycles. The molecule has 0 aliphatic carbocycles. The maximum atomic E-state index is 13.2. The number of aromatic nitrogens is 2. The minimum absolute atomic E-state index is 0.505. The van der Waals surface area contributed by atoms with Gasteiger partial charge in [-0.15, -0.1) is 0 Å². The fourth-order valence-electron chi connectivity index (χ4n) is 2.85. The molecule has 1 fully saturated rings. The average molecular weight is 383 g/mol. The second kappa shape index (κ2) is 6.88. The minimum atomic E-state index is -0.701. The molecule has 2 N–H and O–H groups in total. The van der Waals surface area contributed by atoms with Gasteiger partial charge < -0.3 is 10.5 Å². The fraction of sp³-hybridized carbons (Fsp3) is 0.438. The highest BCUT2D eigenvalue weighted by molar-refractivity contribution is 9.10. The normalized spacial score (nSPS) is 18.5. The van der Waals surface area contributed by atoms with Crippen LogP contribution in [0.4, 0.5) is 10.1 Å². The van der Waals surface area contributed by atoms with Crippen molar-refractivity contribution in [1.29, 1.82) is 0 Å². The zero-order valence-corrected chi connectivity index (χ0v) is 14.6. The molecule has 2 heterocycles. The number of hydrogen-bond donors (Lipinski definition) is 1. The van der Waals surface area contributed by atoms with Crippen molar-refractivity contribution in [3.05, 3.63) is 28.9 Å². The molecule has 0 radical (unpaired) electrons. The predicted octanol–water partition coefficient (Wildman–Crippen LogP) is 2.85. The van der Waals surface area contributed by atoms with E-state index in [9.17, 15) is 4.39 Å². The second-order valence-electron chi connectivity index (χ2n) is 5.76. The van der Waals surface area contributed by atoms with Gasteiger partial charge in [0.05, 0.1) is 16.4 Å². The Balaban J connectivity index is 1.74. The van der Waals surface area contributed by atoms with Crippen molar-refractivity contribution in [2.24, 2.45) is 7.05 Å². The average Bonchev–Trinajstić information content (AvgIpc) is 3.07. The third-order valence-electron chi connectivity index (χ3n) is 4.03. The lowest BCUT2D eigenvalue weighted by molar-refractivity contribution is 0.225. The molecule has 0 spiro atoms. The summed E-state index contributed by atoms with van der Waals surface area (Å²) in [5.74, 6) is 0.750. The van der Waals surface area contributed by atoms with Gasteiger partial charge in [-0.05, 0) is 40.5 Å². The fourth-order valence-corrected chi connectivity index (χ4v) is 3.41. The summed E-state index contributed by atoms with van der Waals surface area (Å²) in [4.78, 5) is 2.08. The van der Waals surface area contributed by atoms with Crippen LogP contribution in [-0.2, 0) is 7.05 Å². The number of ether oxygens (including phenoxy) is 1. The van der Waals surface area contributed by atoms with Crippen LogP contribution in [0.15, 0.2) is 28.9 Å². The molecule has 1 aromatic carbocycles. The molecule has 7 heteroatoms. The van der Waals surface area contributed by atoms with E-state index in [4.69, 9.17) is 10.5 Å². The Morgan fingerprint density at radius 3 is 2.96 bits per heavy atom. The first kappa shape index (κ1) is 16.3. The van der Waals surface area contributed by atoms with Gasteiger partial charge in [-0.2, -0.15) is 5.10 Å². The largest absolute Gasteiger partial charge is 0.492 e. The molecule has 124 valence electrons. The first-order valence-electron chi connectivity index (χ1n) is 7.61. The van der Waals surface area contributed by atoms with Crippen molar-refractivity contribution < 1.29 is 9.13 Å². The molecule has 0 amide bonds. The number of hydrogen-bond acceptors (Lipinski definition) is 4. The van der Waals surface area contributed by atoms with E-state index >= 15 is 0 Å². The molecular formula is C16H20BrFN4O. The molecular weight excluding hydrogens is 363 g/mol. The number of benzene rings is 1. The van der Waals surface area contributed by atoms with Crippen LogP contribution in [0, 0.1) is 0 Å². The molecule has 2 aromatic rings. The summed E-state index contributed by atoms with van der Waals surface area (Å²) in [6.45, 7) is 2.54. The van der Waals surface area contributed by atoms with Gasteiger partial charge >= 0.3 is 0 Å². The highest BCUT2D eigenvalue weighted by Gasteiger charge is 2.21. The number of alkyl halides is 1. The number of nitrogens with two attached hydrogens (primary N) is 1. The summed E-state index contributed by atoms with van der Waals surface area (Å²) in [6, 6.07) is 5.56. The van der Waals surface area contributed by atoms with Crippen LogP contribution in [0.1, 0.15) is 6.42 Å². The Labute approximate surface area is 143 Å². The van der Waals surface area contributed by atoms with Crippen LogP contribution in [0.25, 0.3) is 11.3 Å². The van der Waals surface area contributed by atoms with E-state index in [2.05, 4.69) is 25.9 Å². The lowest BCUT2D eigenvalue weighted by Crippen LogP contribution is -2.26. The minimum Gasteiger partial charge on any atom is -0.492 e. The number of likely N-dealkylation sites (tertiary alicyclic amines) is 1. The maximum Gasteiger partial charge on any atom is 0.128 e. The monoisotopic (exact) mass is 382 g/mol. The lowest BCUT2D eigenvalue weighted by Gasteiger charge is -2.17. The van der Waals surface area contributed by atoms with Gasteiger partial charge in [0.15, 0.2) is 0 Å². The zero-order chi connectivity index (χ0) is 16.4. The molecule has 1 aromatic heterocycles. The Bertz CT molecular complexity index is 671. The maximum absolute atomic E-state index is 13.2. The number of anilines is 1. The molecule has 0 bridgehead atoms. The van der Waals surface area contributed by atoms with Crippen molar-refractivity contribution in [2.75, 3.05) is 32.0 Å². The van der Waals surface area contributed by atoms with Crippen LogP contribution >= 0.6 is 15.9 Å². The molecule has 0 unspecified atom stereocenters. The third kappa shape index (κ3) is 3.67. The summed E-state index contributed by atoms with van der Waals surface area (Å²) in [6.07, 6.45) is 1.66. The molecule has 3 rings (SSSR count). The number of nitrogen functional groups attached to an aromatic ring is 1. The Kier molecular flexibility index (Phi) is 4.87. The number of halogens is 2. The summed E-state index contributed by atoms with van der Waals surface area (Å²) in [5.41, 5.74) is 8.40. The van der Waals surface area contributed by atoms with E-state index in [1.165, 1.54) is 0 Å². The van der Waals surface area contributed by atoms with Gasteiger partial charge in [0, 0.05) is 37.9 Å². The van der Waals surface area contributed by atoms with Crippen molar-refractivity contribution in [3.8, 4) is 17.0 Å². The standard InChI is InChI=1S/C16H20BrFN4O/c1-21-16(14(17)9-20-21)13-8-12(19)2-3-15(13)23-7-6-22-5-4-11(18)10-22/h2-3,8-9,11H,4-7,10,19H2,1H3/t11-/m0/s1. The van der Waals surface area contributed by atoms with Crippen molar-refractivity contribution in [2.45, 2.75) is 12.6 Å². The predicted molar refractivity (Wildman–Crippen MR) is 92.2 cm³/mol. The quantitative estimate of drug-likeness (QED) is 0.807. The first-order chi connectivity index (χ1) is 11.0. The second-order valence-corrected chi connectivity index (χ2v) is 6.61. The highest BCUT2D eigenvalue weighted by atomic mass is 79.9. The topological polar surface area (TPSA) is 56.3 Å². The van der Waals surface area contributed by atoms with Gasteiger partial charge in [0.1, 0.15) is 18.5 Å². The molecule has 5 nitrogen and oxygen atoms in total. The molecule has 23 heavy (non-hydrogen) atoms. The van der Waals surface area contributed by atoms with Crippen LogP contribution < -0.4 is 10.5 Å². The van der Waals surface area contributed by atoms with Crippen LogP contribution in [0.5, 0.6) is 5.75 Å². The van der Waals surface area contributed by atoms with E-state index in [0.29, 0.717) is 25.3 Å². The van der Waals surface area contributed by atoms with Gasteiger partial charge in [-0.25, -0.2) is 4.39 Å². The molecule has 1 aliphatic heterocycles. The van der Waals surface area contributed by atoms with Gasteiger partial charge in [-0.3, -0.25) is 9.58 Å². The molecule has 1 atom stereocenters. The summed E-state index contributed by atoms with van der Waals surface area (Å²) in [7, 11) is 1.87. The summed E-state index contributed by atoms with van der Waals surface area (Å²) < 4.78 is 21.8. The van der Waals surface area contributed by atoms with Crippen LogP contribution in [-0.4, -0.2) is 47.1 Å². The third-order valence-corrected chi connectivity index (χ3v) is 4.61. The van der Waals surface area contributed by atoms with E-state index in [1.807, 2.05) is 25.2 Å². The van der Waals surface area contributed by atoms with Gasteiger partial charge in [0.2, 0.25) is 0 Å². The van der Waals surface area contributed by atoms with Crippen LogP contribution in [0.2, 0.25) is 0 Å². The highest BCUT2D eigenvalue weighted by Crippen LogP contribution is 2.36. The number of rotatable bonds is 5. The number of aryl methyl sites for hydroxylation is 1. The Morgan fingerprint density at radius 1 is 1.48 bits per heavy atom. The van der Waals surface area contributed by atoms with Crippen LogP contribution in [0.3, 0.4) is 0 Å². The Morgan fingerprint density at radius 2 is 2.30 bits per heavy atom. The SMILES string of the molecule is Cn1ncc(Br)c1-c1cc(N)ccc1OCCN1CC[C@H](F)C1. The van der Waals surface area contributed by atoms with Crippen molar-refractivity contribution >= 4 is 21.6 Å². The first-order valence-corrected chi connectivity index (χ1v) is 8.40. The smallest absolute Gasteiger partial charge is 0.128 e. The van der Waals surface area contributed by atoms with Gasteiger partial charge in [0.25, 0.3) is 0 Å². The number of nitrogens with zero attached hydrogens (tertiary/aromatic N) is 3. The Hall–Kier alpha value is -1.60. The molecule has 1 saturated heterocycles.